The molecule has 0 bridgehead atoms. The summed E-state index contributed by atoms with van der Waals surface area (Å²) in [7, 11) is 1.77. The maximum atomic E-state index is 8.63. The van der Waals surface area contributed by atoms with Gasteiger partial charge in [-0.05, 0) is 26.3 Å². The van der Waals surface area contributed by atoms with Crippen molar-refractivity contribution in [2.75, 3.05) is 13.7 Å². The normalized spacial score (nSPS) is 15.4. The second-order valence-electron chi connectivity index (χ2n) is 3.74. The topological polar surface area (TPSA) is 45.0 Å². The molecule has 0 aliphatic heterocycles. The fraction of sp³-hybridized carbons (Fsp3) is 0.900. The molecule has 0 rings (SSSR count). The number of hydrogen-bond acceptors (Lipinski definition) is 3. The Morgan fingerprint density at radius 3 is 2.38 bits per heavy atom. The zero-order valence-electron chi connectivity index (χ0n) is 9.00. The van der Waals surface area contributed by atoms with Crippen molar-refractivity contribution in [2.24, 2.45) is 5.92 Å². The molecule has 76 valence electrons. The zero-order valence-corrected chi connectivity index (χ0v) is 9.00. The molecule has 0 heterocycles. The molecule has 13 heavy (non-hydrogen) atoms. The molecule has 2 atom stereocenters. The average Bonchev–Trinajstić information content (AvgIpc) is 2.05. The standard InChI is InChI=1S/C10H20N2O/c1-8(2)5-9(3)13-7-10(6-11)12-4/h8-10,12H,5,7H2,1-4H3. The quantitative estimate of drug-likeness (QED) is 0.681. The molecule has 0 saturated heterocycles. The number of nitrogens with zero attached hydrogens (tertiary/aromatic N) is 1. The van der Waals surface area contributed by atoms with Crippen LogP contribution in [0.3, 0.4) is 0 Å². The molecule has 0 saturated carbocycles. The van der Waals surface area contributed by atoms with Gasteiger partial charge in [0.15, 0.2) is 0 Å². The van der Waals surface area contributed by atoms with E-state index in [2.05, 4.69) is 25.2 Å². The molecular weight excluding hydrogens is 164 g/mol. The summed E-state index contributed by atoms with van der Waals surface area (Å²) in [5.74, 6) is 0.644. The van der Waals surface area contributed by atoms with Gasteiger partial charge in [-0.15, -0.1) is 0 Å². The maximum Gasteiger partial charge on any atom is 0.119 e. The van der Waals surface area contributed by atoms with Crippen LogP contribution in [-0.2, 0) is 4.74 Å². The van der Waals surface area contributed by atoms with E-state index < -0.39 is 0 Å². The van der Waals surface area contributed by atoms with E-state index >= 15 is 0 Å². The van der Waals surface area contributed by atoms with Crippen molar-refractivity contribution in [1.29, 1.82) is 5.26 Å². The van der Waals surface area contributed by atoms with Crippen LogP contribution in [0.15, 0.2) is 0 Å². The number of nitriles is 1. The molecule has 0 aromatic rings. The molecule has 0 aliphatic rings. The third-order valence-corrected chi connectivity index (χ3v) is 1.86. The highest BCUT2D eigenvalue weighted by molar-refractivity contribution is 4.88. The van der Waals surface area contributed by atoms with Gasteiger partial charge in [0, 0.05) is 0 Å². The Labute approximate surface area is 81.1 Å². The molecule has 0 spiro atoms. The van der Waals surface area contributed by atoms with Crippen LogP contribution in [0.25, 0.3) is 0 Å². The fourth-order valence-electron chi connectivity index (χ4n) is 1.18. The fourth-order valence-corrected chi connectivity index (χ4v) is 1.18. The van der Waals surface area contributed by atoms with E-state index in [0.29, 0.717) is 12.5 Å². The summed E-state index contributed by atoms with van der Waals surface area (Å²) in [4.78, 5) is 0. The number of ether oxygens (including phenoxy) is 1. The molecule has 0 aromatic carbocycles. The van der Waals surface area contributed by atoms with Gasteiger partial charge in [-0.25, -0.2) is 0 Å². The highest BCUT2D eigenvalue weighted by Crippen LogP contribution is 2.07. The van der Waals surface area contributed by atoms with Gasteiger partial charge in [0.2, 0.25) is 0 Å². The van der Waals surface area contributed by atoms with E-state index in [1.807, 2.05) is 6.92 Å². The van der Waals surface area contributed by atoms with Crippen molar-refractivity contribution in [3.63, 3.8) is 0 Å². The highest BCUT2D eigenvalue weighted by Gasteiger charge is 2.09. The Hall–Kier alpha value is -0.590. The third-order valence-electron chi connectivity index (χ3n) is 1.86. The van der Waals surface area contributed by atoms with Gasteiger partial charge in [0.05, 0.1) is 18.8 Å². The Bertz CT molecular complexity index is 163. The summed E-state index contributed by atoms with van der Waals surface area (Å²) in [6.07, 6.45) is 1.28. The van der Waals surface area contributed by atoms with Gasteiger partial charge < -0.3 is 10.1 Å². The highest BCUT2D eigenvalue weighted by atomic mass is 16.5. The summed E-state index contributed by atoms with van der Waals surface area (Å²) in [6, 6.07) is 1.94. The van der Waals surface area contributed by atoms with Crippen LogP contribution in [-0.4, -0.2) is 25.8 Å². The van der Waals surface area contributed by atoms with Crippen LogP contribution >= 0.6 is 0 Å². The monoisotopic (exact) mass is 184 g/mol. The predicted octanol–water partition coefficient (Wildman–Crippen LogP) is 1.55. The number of rotatable bonds is 6. The zero-order chi connectivity index (χ0) is 10.3. The van der Waals surface area contributed by atoms with Crippen LogP contribution in [0.1, 0.15) is 27.2 Å². The second kappa shape index (κ2) is 6.88. The predicted molar refractivity (Wildman–Crippen MR) is 53.3 cm³/mol. The Morgan fingerprint density at radius 1 is 1.38 bits per heavy atom. The van der Waals surface area contributed by atoms with Crippen molar-refractivity contribution in [3.05, 3.63) is 0 Å². The van der Waals surface area contributed by atoms with E-state index in [4.69, 9.17) is 10.00 Å². The minimum atomic E-state index is -0.186. The van der Waals surface area contributed by atoms with E-state index in [1.54, 1.807) is 7.05 Å². The SMILES string of the molecule is CNC(C#N)COC(C)CC(C)C. The van der Waals surface area contributed by atoms with E-state index in [-0.39, 0.29) is 12.1 Å². The van der Waals surface area contributed by atoms with E-state index in [1.165, 1.54) is 0 Å². The molecule has 3 heteroatoms. The molecule has 0 aliphatic carbocycles. The van der Waals surface area contributed by atoms with Crippen molar-refractivity contribution >= 4 is 0 Å². The molecule has 0 aromatic heterocycles. The number of nitrogens with one attached hydrogen (secondary N) is 1. The van der Waals surface area contributed by atoms with Crippen molar-refractivity contribution in [2.45, 2.75) is 39.3 Å². The summed E-state index contributed by atoms with van der Waals surface area (Å²) in [5, 5.41) is 11.5. The lowest BCUT2D eigenvalue weighted by Gasteiger charge is -2.16. The Morgan fingerprint density at radius 2 is 2.00 bits per heavy atom. The minimum Gasteiger partial charge on any atom is -0.376 e. The first-order valence-corrected chi connectivity index (χ1v) is 4.78. The first-order valence-electron chi connectivity index (χ1n) is 4.78. The van der Waals surface area contributed by atoms with Gasteiger partial charge in [0.25, 0.3) is 0 Å². The second-order valence-corrected chi connectivity index (χ2v) is 3.74. The maximum absolute atomic E-state index is 8.63. The molecule has 0 amide bonds. The minimum absolute atomic E-state index is 0.186. The lowest BCUT2D eigenvalue weighted by atomic mass is 10.1. The molecule has 1 N–H and O–H groups in total. The molecule has 3 nitrogen and oxygen atoms in total. The lowest BCUT2D eigenvalue weighted by Crippen LogP contribution is -2.30. The van der Waals surface area contributed by atoms with Crippen LogP contribution < -0.4 is 5.32 Å². The summed E-state index contributed by atoms with van der Waals surface area (Å²) in [5.41, 5.74) is 0. The van der Waals surface area contributed by atoms with E-state index in [9.17, 15) is 0 Å². The lowest BCUT2D eigenvalue weighted by molar-refractivity contribution is 0.0461. The summed E-state index contributed by atoms with van der Waals surface area (Å²) in [6.45, 7) is 6.85. The van der Waals surface area contributed by atoms with Crippen LogP contribution in [0.2, 0.25) is 0 Å². The molecule has 0 fully saturated rings. The first-order chi connectivity index (χ1) is 6.10. The number of likely N-dealkylation sites (N-methyl/N-ethyl adjacent to an activating group) is 1. The number of hydrogen-bond donors (Lipinski definition) is 1. The molecule has 2 unspecified atom stereocenters. The Balaban J connectivity index is 3.57. The van der Waals surface area contributed by atoms with Gasteiger partial charge in [0.1, 0.15) is 6.04 Å². The van der Waals surface area contributed by atoms with Crippen molar-refractivity contribution in [1.82, 2.24) is 5.32 Å². The van der Waals surface area contributed by atoms with Gasteiger partial charge in [-0.3, -0.25) is 0 Å². The van der Waals surface area contributed by atoms with Crippen molar-refractivity contribution < 1.29 is 4.74 Å². The Kier molecular flexibility index (Phi) is 6.56. The van der Waals surface area contributed by atoms with Crippen LogP contribution in [0.4, 0.5) is 0 Å². The first kappa shape index (κ1) is 12.4. The van der Waals surface area contributed by atoms with Gasteiger partial charge in [-0.1, -0.05) is 13.8 Å². The largest absolute Gasteiger partial charge is 0.376 e. The van der Waals surface area contributed by atoms with Gasteiger partial charge in [-0.2, -0.15) is 5.26 Å². The summed E-state index contributed by atoms with van der Waals surface area (Å²) < 4.78 is 5.51. The van der Waals surface area contributed by atoms with Gasteiger partial charge >= 0.3 is 0 Å². The summed E-state index contributed by atoms with van der Waals surface area (Å²) >= 11 is 0. The van der Waals surface area contributed by atoms with E-state index in [0.717, 1.165) is 6.42 Å². The van der Waals surface area contributed by atoms with Crippen LogP contribution in [0.5, 0.6) is 0 Å². The third kappa shape index (κ3) is 6.56. The average molecular weight is 184 g/mol. The molecule has 0 radical (unpaired) electrons. The van der Waals surface area contributed by atoms with Crippen LogP contribution in [0, 0.1) is 17.2 Å². The van der Waals surface area contributed by atoms with Crippen molar-refractivity contribution in [3.8, 4) is 6.07 Å². The smallest absolute Gasteiger partial charge is 0.119 e. The molecular formula is C10H20N2O.